The van der Waals surface area contributed by atoms with Gasteiger partial charge in [0.15, 0.2) is 0 Å². The standard InChI is InChI=1S/C8H16O4S/c1-6(2-3-8(11)12)13-5-7(10)4-9/h6-7,9-10H,2-5H2,1H3,(H,11,12). The van der Waals surface area contributed by atoms with Crippen molar-refractivity contribution in [3.63, 3.8) is 0 Å². The van der Waals surface area contributed by atoms with E-state index in [1.165, 1.54) is 11.8 Å². The van der Waals surface area contributed by atoms with Crippen LogP contribution in [0.5, 0.6) is 0 Å². The average Bonchev–Trinajstić information content (AvgIpc) is 2.10. The number of carboxylic acid groups (broad SMARTS) is 1. The van der Waals surface area contributed by atoms with Gasteiger partial charge in [0.25, 0.3) is 0 Å². The number of thioether (sulfide) groups is 1. The third-order valence-electron chi connectivity index (χ3n) is 1.55. The van der Waals surface area contributed by atoms with Gasteiger partial charge in [-0.15, -0.1) is 0 Å². The molecule has 3 N–H and O–H groups in total. The quantitative estimate of drug-likeness (QED) is 0.562. The SMILES string of the molecule is CC(CCC(=O)O)SCC(O)CO. The van der Waals surface area contributed by atoms with Crippen molar-refractivity contribution in [3.05, 3.63) is 0 Å². The van der Waals surface area contributed by atoms with Crippen molar-refractivity contribution in [2.45, 2.75) is 31.1 Å². The number of aliphatic hydroxyl groups excluding tert-OH is 2. The van der Waals surface area contributed by atoms with Crippen LogP contribution in [0.1, 0.15) is 19.8 Å². The van der Waals surface area contributed by atoms with E-state index >= 15 is 0 Å². The van der Waals surface area contributed by atoms with Gasteiger partial charge in [-0.05, 0) is 6.42 Å². The maximum atomic E-state index is 10.2. The third kappa shape index (κ3) is 8.08. The van der Waals surface area contributed by atoms with E-state index in [0.717, 1.165) is 0 Å². The second kappa shape index (κ2) is 7.17. The molecule has 0 spiro atoms. The van der Waals surface area contributed by atoms with E-state index in [4.69, 9.17) is 15.3 Å². The molecule has 5 heteroatoms. The Morgan fingerprint density at radius 2 is 2.15 bits per heavy atom. The lowest BCUT2D eigenvalue weighted by Crippen LogP contribution is -2.16. The van der Waals surface area contributed by atoms with E-state index in [2.05, 4.69) is 0 Å². The molecule has 0 amide bonds. The molecule has 0 aromatic carbocycles. The lowest BCUT2D eigenvalue weighted by molar-refractivity contribution is -0.137. The summed E-state index contributed by atoms with van der Waals surface area (Å²) in [6.45, 7) is 1.68. The van der Waals surface area contributed by atoms with Gasteiger partial charge in [-0.2, -0.15) is 11.8 Å². The van der Waals surface area contributed by atoms with Gasteiger partial charge in [-0.25, -0.2) is 0 Å². The van der Waals surface area contributed by atoms with Crippen LogP contribution in [0.4, 0.5) is 0 Å². The molecule has 4 nitrogen and oxygen atoms in total. The summed E-state index contributed by atoms with van der Waals surface area (Å²) in [5.41, 5.74) is 0. The number of rotatable bonds is 7. The van der Waals surface area contributed by atoms with Crippen molar-refractivity contribution in [2.75, 3.05) is 12.4 Å². The summed E-state index contributed by atoms with van der Waals surface area (Å²) in [4.78, 5) is 10.2. The fourth-order valence-electron chi connectivity index (χ4n) is 0.738. The molecular weight excluding hydrogens is 192 g/mol. The van der Waals surface area contributed by atoms with Crippen molar-refractivity contribution >= 4 is 17.7 Å². The molecule has 0 heterocycles. The zero-order valence-corrected chi connectivity index (χ0v) is 8.46. The predicted octanol–water partition coefficient (Wildman–Crippen LogP) is 0.326. The molecule has 0 rings (SSSR count). The highest BCUT2D eigenvalue weighted by atomic mass is 32.2. The van der Waals surface area contributed by atoms with Crippen LogP contribution < -0.4 is 0 Å². The van der Waals surface area contributed by atoms with Crippen molar-refractivity contribution in [1.29, 1.82) is 0 Å². The van der Waals surface area contributed by atoms with Gasteiger partial charge in [0.05, 0.1) is 12.7 Å². The molecular formula is C8H16O4S. The lowest BCUT2D eigenvalue weighted by atomic mass is 10.2. The van der Waals surface area contributed by atoms with Crippen molar-refractivity contribution in [3.8, 4) is 0 Å². The maximum Gasteiger partial charge on any atom is 0.303 e. The van der Waals surface area contributed by atoms with E-state index in [1.807, 2.05) is 6.92 Å². The summed E-state index contributed by atoms with van der Waals surface area (Å²) in [6.07, 6.45) is 0.0546. The van der Waals surface area contributed by atoms with Gasteiger partial charge in [0, 0.05) is 17.4 Å². The maximum absolute atomic E-state index is 10.2. The molecule has 0 saturated heterocycles. The van der Waals surface area contributed by atoms with Gasteiger partial charge in [0.2, 0.25) is 0 Å². The molecule has 0 saturated carbocycles. The van der Waals surface area contributed by atoms with Crippen LogP contribution >= 0.6 is 11.8 Å². The predicted molar refractivity (Wildman–Crippen MR) is 51.9 cm³/mol. The Morgan fingerprint density at radius 1 is 1.54 bits per heavy atom. The summed E-state index contributed by atoms with van der Waals surface area (Å²) in [7, 11) is 0. The Hall–Kier alpha value is -0.260. The molecule has 0 bridgehead atoms. The summed E-state index contributed by atoms with van der Waals surface area (Å²) in [6, 6.07) is 0. The normalized spacial score (nSPS) is 15.3. The highest BCUT2D eigenvalue weighted by molar-refractivity contribution is 7.99. The van der Waals surface area contributed by atoms with Crippen LogP contribution in [0.2, 0.25) is 0 Å². The largest absolute Gasteiger partial charge is 0.481 e. The molecule has 2 unspecified atom stereocenters. The van der Waals surface area contributed by atoms with E-state index in [9.17, 15) is 4.79 Å². The highest BCUT2D eigenvalue weighted by Gasteiger charge is 2.08. The molecule has 2 atom stereocenters. The van der Waals surface area contributed by atoms with Crippen LogP contribution in [0.15, 0.2) is 0 Å². The minimum Gasteiger partial charge on any atom is -0.481 e. The molecule has 0 aromatic rings. The topological polar surface area (TPSA) is 77.8 Å². The Kier molecular flexibility index (Phi) is 7.03. The molecule has 0 aliphatic carbocycles. The Labute approximate surface area is 82.0 Å². The van der Waals surface area contributed by atoms with Crippen molar-refractivity contribution in [2.24, 2.45) is 0 Å². The fraction of sp³-hybridized carbons (Fsp3) is 0.875. The number of aliphatic hydroxyl groups is 2. The van der Waals surface area contributed by atoms with Crippen LogP contribution in [0.3, 0.4) is 0 Å². The minimum absolute atomic E-state index is 0.156. The van der Waals surface area contributed by atoms with Gasteiger partial charge >= 0.3 is 5.97 Å². The first-order valence-corrected chi connectivity index (χ1v) is 5.23. The zero-order chi connectivity index (χ0) is 10.3. The van der Waals surface area contributed by atoms with Gasteiger partial charge in [-0.1, -0.05) is 6.92 Å². The number of carboxylic acids is 1. The molecule has 13 heavy (non-hydrogen) atoms. The molecule has 0 radical (unpaired) electrons. The smallest absolute Gasteiger partial charge is 0.303 e. The second-order valence-corrected chi connectivity index (χ2v) is 4.38. The molecule has 0 aliphatic rings. The number of carbonyl (C=O) groups is 1. The van der Waals surface area contributed by atoms with Crippen LogP contribution in [-0.2, 0) is 4.79 Å². The first-order valence-electron chi connectivity index (χ1n) is 4.18. The van der Waals surface area contributed by atoms with E-state index in [-0.39, 0.29) is 18.3 Å². The molecule has 0 aromatic heterocycles. The molecule has 78 valence electrons. The number of aliphatic carboxylic acids is 1. The Morgan fingerprint density at radius 3 is 2.62 bits per heavy atom. The Balaban J connectivity index is 3.39. The van der Waals surface area contributed by atoms with Crippen LogP contribution in [0.25, 0.3) is 0 Å². The van der Waals surface area contributed by atoms with E-state index in [0.29, 0.717) is 12.2 Å². The highest BCUT2D eigenvalue weighted by Crippen LogP contribution is 2.16. The van der Waals surface area contributed by atoms with Crippen LogP contribution in [0, 0.1) is 0 Å². The lowest BCUT2D eigenvalue weighted by Gasteiger charge is -2.11. The van der Waals surface area contributed by atoms with Gasteiger partial charge in [0.1, 0.15) is 0 Å². The van der Waals surface area contributed by atoms with E-state index in [1.54, 1.807) is 0 Å². The molecule has 0 aliphatic heterocycles. The van der Waals surface area contributed by atoms with Crippen LogP contribution in [-0.4, -0.2) is 45.0 Å². The summed E-state index contributed by atoms with van der Waals surface area (Å²) < 4.78 is 0. The number of hydrogen-bond donors (Lipinski definition) is 3. The summed E-state index contributed by atoms with van der Waals surface area (Å²) >= 11 is 1.48. The minimum atomic E-state index is -0.796. The molecule has 0 fully saturated rings. The van der Waals surface area contributed by atoms with E-state index < -0.39 is 12.1 Å². The summed E-state index contributed by atoms with van der Waals surface area (Å²) in [5.74, 6) is -0.341. The number of hydrogen-bond acceptors (Lipinski definition) is 4. The Bertz CT molecular complexity index is 151. The second-order valence-electron chi connectivity index (χ2n) is 2.91. The summed E-state index contributed by atoms with van der Waals surface area (Å²) in [5, 5.41) is 26.1. The first kappa shape index (κ1) is 12.7. The zero-order valence-electron chi connectivity index (χ0n) is 7.64. The van der Waals surface area contributed by atoms with Gasteiger partial charge in [-0.3, -0.25) is 4.79 Å². The third-order valence-corrected chi connectivity index (χ3v) is 2.93. The van der Waals surface area contributed by atoms with Crippen molar-refractivity contribution < 1.29 is 20.1 Å². The fourth-order valence-corrected chi connectivity index (χ4v) is 1.68. The van der Waals surface area contributed by atoms with Gasteiger partial charge < -0.3 is 15.3 Å². The van der Waals surface area contributed by atoms with Crippen molar-refractivity contribution in [1.82, 2.24) is 0 Å². The average molecular weight is 208 g/mol. The first-order chi connectivity index (χ1) is 6.06. The monoisotopic (exact) mass is 208 g/mol.